The molecule has 5 nitrogen and oxygen atoms in total. The van der Waals surface area contributed by atoms with Crippen molar-refractivity contribution in [3.05, 3.63) is 0 Å². The Hall–Kier alpha value is -1.26. The maximum Gasteiger partial charge on any atom is 0.314 e. The lowest BCUT2D eigenvalue weighted by molar-refractivity contribution is -0.138. The van der Waals surface area contributed by atoms with E-state index in [1.807, 2.05) is 6.92 Å². The summed E-state index contributed by atoms with van der Waals surface area (Å²) in [5, 5.41) is 14.2. The molecule has 106 valence electrons. The van der Waals surface area contributed by atoms with Crippen LogP contribution in [0.25, 0.3) is 0 Å². The molecule has 2 amide bonds. The Morgan fingerprint density at radius 1 is 1.11 bits per heavy atom. The van der Waals surface area contributed by atoms with Gasteiger partial charge in [-0.3, -0.25) is 4.79 Å². The van der Waals surface area contributed by atoms with Crippen LogP contribution in [0, 0.1) is 5.92 Å². The van der Waals surface area contributed by atoms with Crippen LogP contribution in [0.1, 0.15) is 52.4 Å². The molecule has 0 bridgehead atoms. The number of carbonyl (C=O) groups is 2. The second-order valence-corrected chi connectivity index (χ2v) is 4.57. The van der Waals surface area contributed by atoms with Crippen LogP contribution in [0.5, 0.6) is 0 Å². The molecule has 0 aromatic rings. The summed E-state index contributed by atoms with van der Waals surface area (Å²) in [5.74, 6) is -0.808. The van der Waals surface area contributed by atoms with E-state index in [1.54, 1.807) is 0 Å². The van der Waals surface area contributed by atoms with Crippen molar-refractivity contribution in [3.63, 3.8) is 0 Å². The van der Waals surface area contributed by atoms with Gasteiger partial charge in [0.2, 0.25) is 0 Å². The average Bonchev–Trinajstić information content (AvgIpc) is 2.33. The van der Waals surface area contributed by atoms with Gasteiger partial charge in [0.15, 0.2) is 0 Å². The number of nitrogens with one attached hydrogen (secondary N) is 2. The Bertz CT molecular complexity index is 244. The summed E-state index contributed by atoms with van der Waals surface area (Å²) in [7, 11) is 0. The zero-order chi connectivity index (χ0) is 13.8. The van der Waals surface area contributed by atoms with Gasteiger partial charge in [-0.1, -0.05) is 39.5 Å². The highest BCUT2D eigenvalue weighted by atomic mass is 16.4. The molecule has 5 heteroatoms. The topological polar surface area (TPSA) is 78.4 Å². The predicted octanol–water partition coefficient (Wildman–Crippen LogP) is 2.37. The Morgan fingerprint density at radius 3 is 2.39 bits per heavy atom. The van der Waals surface area contributed by atoms with Gasteiger partial charge in [0.1, 0.15) is 0 Å². The van der Waals surface area contributed by atoms with Crippen molar-refractivity contribution in [1.29, 1.82) is 0 Å². The fourth-order valence-corrected chi connectivity index (χ4v) is 1.66. The van der Waals surface area contributed by atoms with Crippen molar-refractivity contribution in [1.82, 2.24) is 10.6 Å². The van der Waals surface area contributed by atoms with Gasteiger partial charge in [0.05, 0.1) is 0 Å². The molecule has 0 saturated heterocycles. The fraction of sp³-hybridized carbons (Fsp3) is 0.846. The lowest BCUT2D eigenvalue weighted by Crippen LogP contribution is -2.39. The normalized spacial score (nSPS) is 11.9. The van der Waals surface area contributed by atoms with E-state index in [4.69, 9.17) is 5.11 Å². The zero-order valence-electron chi connectivity index (χ0n) is 11.5. The predicted molar refractivity (Wildman–Crippen MR) is 71.6 cm³/mol. The number of rotatable bonds is 10. The third-order valence-corrected chi connectivity index (χ3v) is 2.91. The smallest absolute Gasteiger partial charge is 0.314 e. The fourth-order valence-electron chi connectivity index (χ4n) is 1.66. The SMILES string of the molecule is CCCCCCNC(=O)NCC(CC)CC(=O)O. The number of carbonyl (C=O) groups excluding carboxylic acids is 1. The minimum Gasteiger partial charge on any atom is -0.481 e. The molecule has 0 aromatic heterocycles. The van der Waals surface area contributed by atoms with Crippen molar-refractivity contribution in [3.8, 4) is 0 Å². The van der Waals surface area contributed by atoms with Gasteiger partial charge in [-0.2, -0.15) is 0 Å². The first-order chi connectivity index (χ1) is 8.60. The molecule has 0 rings (SSSR count). The second-order valence-electron chi connectivity index (χ2n) is 4.57. The third-order valence-electron chi connectivity index (χ3n) is 2.91. The van der Waals surface area contributed by atoms with E-state index in [0.29, 0.717) is 13.1 Å². The molecule has 0 spiro atoms. The minimum atomic E-state index is -0.816. The monoisotopic (exact) mass is 258 g/mol. The number of hydrogen-bond donors (Lipinski definition) is 3. The number of amides is 2. The van der Waals surface area contributed by atoms with Gasteiger partial charge >= 0.3 is 12.0 Å². The summed E-state index contributed by atoms with van der Waals surface area (Å²) in [5.41, 5.74) is 0. The summed E-state index contributed by atoms with van der Waals surface area (Å²) < 4.78 is 0. The van der Waals surface area contributed by atoms with Crippen LogP contribution < -0.4 is 10.6 Å². The molecular weight excluding hydrogens is 232 g/mol. The first-order valence-electron chi connectivity index (χ1n) is 6.83. The lowest BCUT2D eigenvalue weighted by atomic mass is 10.0. The molecule has 0 fully saturated rings. The molecule has 0 radical (unpaired) electrons. The quantitative estimate of drug-likeness (QED) is 0.526. The number of unbranched alkanes of at least 4 members (excludes halogenated alkanes) is 3. The maximum absolute atomic E-state index is 11.4. The molecule has 1 unspecified atom stereocenters. The van der Waals surface area contributed by atoms with Gasteiger partial charge in [-0.25, -0.2) is 4.79 Å². The average molecular weight is 258 g/mol. The molecule has 3 N–H and O–H groups in total. The molecule has 0 aliphatic heterocycles. The number of carboxylic acids is 1. The van der Waals surface area contributed by atoms with Crippen molar-refractivity contribution < 1.29 is 14.7 Å². The molecule has 0 aromatic carbocycles. The number of hydrogen-bond acceptors (Lipinski definition) is 2. The Morgan fingerprint density at radius 2 is 1.83 bits per heavy atom. The highest BCUT2D eigenvalue weighted by Crippen LogP contribution is 2.06. The number of aliphatic carboxylic acids is 1. The highest BCUT2D eigenvalue weighted by molar-refractivity contribution is 5.73. The number of urea groups is 1. The molecule has 18 heavy (non-hydrogen) atoms. The standard InChI is InChI=1S/C13H26N2O3/c1-3-5-6-7-8-14-13(18)15-10-11(4-2)9-12(16)17/h11H,3-10H2,1-2H3,(H,16,17)(H2,14,15,18). The molecule has 0 saturated carbocycles. The van der Waals surface area contributed by atoms with E-state index in [2.05, 4.69) is 17.6 Å². The van der Waals surface area contributed by atoms with E-state index in [0.717, 1.165) is 19.3 Å². The first kappa shape index (κ1) is 16.7. The van der Waals surface area contributed by atoms with Gasteiger partial charge in [0.25, 0.3) is 0 Å². The summed E-state index contributed by atoms with van der Waals surface area (Å²) in [6, 6.07) is -0.199. The van der Waals surface area contributed by atoms with Crippen molar-refractivity contribution in [2.24, 2.45) is 5.92 Å². The highest BCUT2D eigenvalue weighted by Gasteiger charge is 2.12. The molecule has 1 atom stereocenters. The third kappa shape index (κ3) is 9.93. The Balaban J connectivity index is 3.58. The Labute approximate surface area is 109 Å². The van der Waals surface area contributed by atoms with Crippen LogP contribution in [0.15, 0.2) is 0 Å². The van der Waals surface area contributed by atoms with Gasteiger partial charge in [-0.05, 0) is 12.3 Å². The molecule has 0 aliphatic carbocycles. The van der Waals surface area contributed by atoms with Gasteiger partial charge in [0, 0.05) is 19.5 Å². The first-order valence-corrected chi connectivity index (χ1v) is 6.83. The largest absolute Gasteiger partial charge is 0.481 e. The van der Waals surface area contributed by atoms with E-state index in [-0.39, 0.29) is 18.4 Å². The van der Waals surface area contributed by atoms with Crippen molar-refractivity contribution >= 4 is 12.0 Å². The zero-order valence-corrected chi connectivity index (χ0v) is 11.5. The van der Waals surface area contributed by atoms with Crippen LogP contribution in [0.4, 0.5) is 4.79 Å². The van der Waals surface area contributed by atoms with Crippen LogP contribution >= 0.6 is 0 Å². The van der Waals surface area contributed by atoms with Crippen LogP contribution in [-0.4, -0.2) is 30.2 Å². The Kier molecular flexibility index (Phi) is 10.1. The maximum atomic E-state index is 11.4. The van der Waals surface area contributed by atoms with E-state index in [1.165, 1.54) is 12.8 Å². The number of carboxylic acid groups (broad SMARTS) is 1. The molecule has 0 aliphatic rings. The summed E-state index contributed by atoms with van der Waals surface area (Å²) in [4.78, 5) is 22.0. The molecular formula is C13H26N2O3. The van der Waals surface area contributed by atoms with Crippen LogP contribution in [0.3, 0.4) is 0 Å². The minimum absolute atomic E-state index is 0.00772. The van der Waals surface area contributed by atoms with Crippen LogP contribution in [0.2, 0.25) is 0 Å². The summed E-state index contributed by atoms with van der Waals surface area (Å²) >= 11 is 0. The van der Waals surface area contributed by atoms with E-state index in [9.17, 15) is 9.59 Å². The van der Waals surface area contributed by atoms with Crippen molar-refractivity contribution in [2.45, 2.75) is 52.4 Å². The van der Waals surface area contributed by atoms with E-state index >= 15 is 0 Å². The summed E-state index contributed by atoms with van der Waals surface area (Å²) in [6.45, 7) is 5.18. The second kappa shape index (κ2) is 10.9. The molecule has 0 heterocycles. The van der Waals surface area contributed by atoms with Crippen LogP contribution in [-0.2, 0) is 4.79 Å². The lowest BCUT2D eigenvalue weighted by Gasteiger charge is -2.13. The van der Waals surface area contributed by atoms with Crippen molar-refractivity contribution in [2.75, 3.05) is 13.1 Å². The van der Waals surface area contributed by atoms with Gasteiger partial charge in [-0.15, -0.1) is 0 Å². The summed E-state index contributed by atoms with van der Waals surface area (Å²) in [6.07, 6.45) is 5.36. The van der Waals surface area contributed by atoms with E-state index < -0.39 is 5.97 Å². The van der Waals surface area contributed by atoms with Gasteiger partial charge < -0.3 is 15.7 Å².